The van der Waals surface area contributed by atoms with Crippen molar-refractivity contribution in [3.63, 3.8) is 0 Å². The highest BCUT2D eigenvalue weighted by molar-refractivity contribution is 7.48. The Morgan fingerprint density at radius 2 is 1.34 bits per heavy atom. The van der Waals surface area contributed by atoms with Gasteiger partial charge in [0.1, 0.15) is 17.8 Å². The molecule has 0 saturated carbocycles. The van der Waals surface area contributed by atoms with Crippen molar-refractivity contribution in [1.29, 1.82) is 0 Å². The maximum absolute atomic E-state index is 13.3. The molecule has 0 radical (unpaired) electrons. The van der Waals surface area contributed by atoms with E-state index in [2.05, 4.69) is 32.7 Å². The molecule has 0 spiro atoms. The summed E-state index contributed by atoms with van der Waals surface area (Å²) in [5.74, 6) is -4.10. The van der Waals surface area contributed by atoms with E-state index in [0.29, 0.717) is 12.0 Å². The number of phosphoric acid groups is 1. The molecule has 0 aliphatic rings. The zero-order valence-corrected chi connectivity index (χ0v) is 36.5. The van der Waals surface area contributed by atoms with Crippen LogP contribution in [0.4, 0.5) is 0 Å². The van der Waals surface area contributed by atoms with Gasteiger partial charge in [-0.1, -0.05) is 109 Å². The predicted molar refractivity (Wildman–Crippen MR) is 227 cm³/mol. The van der Waals surface area contributed by atoms with Gasteiger partial charge in [-0.15, -0.1) is 0 Å². The second kappa shape index (κ2) is 32.2. The van der Waals surface area contributed by atoms with E-state index in [0.717, 1.165) is 26.2 Å². The maximum atomic E-state index is 13.3. The summed E-state index contributed by atoms with van der Waals surface area (Å²) in [5, 5.41) is 19.8. The minimum atomic E-state index is -4.90. The molecule has 0 aliphatic carbocycles. The molecule has 5 unspecified atom stereocenters. The van der Waals surface area contributed by atoms with Crippen LogP contribution < -0.4 is 32.7 Å². The number of aromatic hydroxyl groups is 1. The van der Waals surface area contributed by atoms with Gasteiger partial charge in [-0.3, -0.25) is 33.4 Å². The third-order valence-corrected chi connectivity index (χ3v) is 10.00. The molecule has 0 heterocycles. The van der Waals surface area contributed by atoms with Crippen molar-refractivity contribution >= 4 is 37.3 Å². The zero-order chi connectivity index (χ0) is 43.9. The molecular formula is C41H73N6O10P. The Morgan fingerprint density at radius 3 is 1.88 bits per heavy atom. The molecule has 1 rings (SSSR count). The van der Waals surface area contributed by atoms with E-state index in [-0.39, 0.29) is 25.3 Å². The number of likely N-dealkylation sites (N-methyl/N-ethyl adjacent to an activating group) is 1. The van der Waals surface area contributed by atoms with Crippen molar-refractivity contribution in [3.8, 4) is 5.75 Å². The van der Waals surface area contributed by atoms with Gasteiger partial charge in [0.15, 0.2) is 5.78 Å². The molecule has 10 N–H and O–H groups in total. The Morgan fingerprint density at radius 1 is 0.810 bits per heavy atom. The number of hydrogen-bond acceptors (Lipinski definition) is 12. The third-order valence-electron chi connectivity index (χ3n) is 9.09. The van der Waals surface area contributed by atoms with Crippen LogP contribution >= 0.6 is 7.82 Å². The predicted octanol–water partition coefficient (Wildman–Crippen LogP) is 4.60. The van der Waals surface area contributed by atoms with Gasteiger partial charge in [-0.2, -0.15) is 0 Å². The summed E-state index contributed by atoms with van der Waals surface area (Å²) >= 11 is 0. The number of ketones is 1. The Labute approximate surface area is 346 Å². The van der Waals surface area contributed by atoms with Crippen molar-refractivity contribution in [2.24, 2.45) is 11.5 Å². The molecule has 1 aromatic rings. The first-order valence-corrected chi connectivity index (χ1v) is 22.3. The number of phosphoric ester groups is 1. The number of nitrogens with two attached hydrogens (primary N) is 2. The molecule has 1 aromatic carbocycles. The van der Waals surface area contributed by atoms with E-state index in [1.807, 2.05) is 26.0 Å². The van der Waals surface area contributed by atoms with Gasteiger partial charge < -0.3 is 42.4 Å². The highest BCUT2D eigenvalue weighted by Gasteiger charge is 2.32. The summed E-state index contributed by atoms with van der Waals surface area (Å²) < 4.78 is 22.0. The highest BCUT2D eigenvalue weighted by Crippen LogP contribution is 2.43. The van der Waals surface area contributed by atoms with Gasteiger partial charge in [-0.05, 0) is 57.9 Å². The number of nitrogens with one attached hydrogen (secondary N) is 4. The van der Waals surface area contributed by atoms with Gasteiger partial charge in [0.05, 0.1) is 25.1 Å². The van der Waals surface area contributed by atoms with Crippen LogP contribution in [0.15, 0.2) is 36.4 Å². The van der Waals surface area contributed by atoms with Crippen LogP contribution in [-0.2, 0) is 44.0 Å². The quantitative estimate of drug-likeness (QED) is 0.0289. The number of rotatable bonds is 31. The lowest BCUT2D eigenvalue weighted by Gasteiger charge is -2.24. The minimum Gasteiger partial charge on any atom is -0.508 e. The van der Waals surface area contributed by atoms with Crippen LogP contribution in [0, 0.1) is 0 Å². The second-order valence-electron chi connectivity index (χ2n) is 14.1. The highest BCUT2D eigenvalue weighted by atomic mass is 31.2. The molecule has 0 aliphatic heterocycles. The number of amides is 3. The molecule has 6 atom stereocenters. The fourth-order valence-corrected chi connectivity index (χ4v) is 6.37. The molecule has 0 bridgehead atoms. The average molecular weight is 841 g/mol. The van der Waals surface area contributed by atoms with Crippen molar-refractivity contribution in [2.45, 2.75) is 161 Å². The monoisotopic (exact) mass is 841 g/mol. The van der Waals surface area contributed by atoms with Crippen LogP contribution in [0.2, 0.25) is 0 Å². The second-order valence-corrected chi connectivity index (χ2v) is 15.5. The van der Waals surface area contributed by atoms with Gasteiger partial charge >= 0.3 is 13.8 Å². The van der Waals surface area contributed by atoms with Crippen LogP contribution in [0.1, 0.15) is 130 Å². The fourth-order valence-electron chi connectivity index (χ4n) is 5.61. The van der Waals surface area contributed by atoms with Crippen LogP contribution in [0.25, 0.3) is 0 Å². The molecule has 3 amide bonds. The Kier molecular flexibility index (Phi) is 30.2. The van der Waals surface area contributed by atoms with Gasteiger partial charge in [-0.25, -0.2) is 4.57 Å². The Bertz CT molecular complexity index is 1410. The molecule has 0 fully saturated rings. The maximum Gasteiger partial charge on any atom is 0.529 e. The minimum absolute atomic E-state index is 0.000520. The Hall–Kier alpha value is -3.66. The van der Waals surface area contributed by atoms with Crippen molar-refractivity contribution in [1.82, 2.24) is 21.3 Å². The molecule has 332 valence electrons. The number of carbonyl (C=O) groups excluding carboxylic acids is 5. The Balaban J connectivity index is 0.0000160. The smallest absolute Gasteiger partial charge is 0.508 e. The molecular weight excluding hydrogens is 767 g/mol. The molecule has 0 aromatic heterocycles. The standard InChI is InChI=1S/C39H67N6O10P.C2H6/c1-5-6-7-8-9-10-11-12-13-14-15-16-17-18-19-31(41)27-54-56(52,53)55-36(48)25-33(29(3)46)44-37(49)28(2)43-38(50)34(45-39(51)35(26-40)42-4)24-30-20-22-32(47)23-21-30;1-2/h17-18,20-23,28,31,33-35,42,47H,5-16,19,24-27,40-41H2,1-4H3,(H,43,50)(H,44,49)(H,45,51)(H,52,53);1-2H3/b18-17+;/t28?,31-,33?,34?,35?;/m0./s1. The molecule has 16 nitrogen and oxygen atoms in total. The third kappa shape index (κ3) is 25.6. The van der Waals surface area contributed by atoms with Gasteiger partial charge in [0, 0.05) is 19.0 Å². The number of hydrogen-bond donors (Lipinski definition) is 8. The number of unbranched alkanes of at least 4 members (excludes halogenated alkanes) is 11. The van der Waals surface area contributed by atoms with E-state index in [9.17, 15) is 38.5 Å². The number of benzene rings is 1. The van der Waals surface area contributed by atoms with Crippen LogP contribution in [-0.4, -0.2) is 89.9 Å². The topological polar surface area (TPSA) is 262 Å². The first-order chi connectivity index (χ1) is 27.6. The number of carbonyl (C=O) groups is 5. The van der Waals surface area contributed by atoms with Crippen molar-refractivity contribution < 1.29 is 47.6 Å². The van der Waals surface area contributed by atoms with Crippen LogP contribution in [0.3, 0.4) is 0 Å². The lowest BCUT2D eigenvalue weighted by Crippen LogP contribution is -2.58. The zero-order valence-electron chi connectivity index (χ0n) is 35.6. The van der Waals surface area contributed by atoms with E-state index in [1.54, 1.807) is 12.1 Å². The first-order valence-electron chi connectivity index (χ1n) is 20.8. The van der Waals surface area contributed by atoms with E-state index in [1.165, 1.54) is 83.9 Å². The number of phenols is 1. The summed E-state index contributed by atoms with van der Waals surface area (Å²) in [4.78, 5) is 73.9. The number of phenolic OH excluding ortho intramolecular Hbond substituents is 1. The van der Waals surface area contributed by atoms with Crippen molar-refractivity contribution in [3.05, 3.63) is 42.0 Å². The van der Waals surface area contributed by atoms with Gasteiger partial charge in [0.25, 0.3) is 0 Å². The lowest BCUT2D eigenvalue weighted by atomic mass is 10.0. The average Bonchev–Trinajstić information content (AvgIpc) is 3.18. The lowest BCUT2D eigenvalue weighted by molar-refractivity contribution is -0.139. The largest absolute Gasteiger partial charge is 0.529 e. The first kappa shape index (κ1) is 54.3. The summed E-state index contributed by atoms with van der Waals surface area (Å²) in [7, 11) is -3.37. The summed E-state index contributed by atoms with van der Waals surface area (Å²) in [5.41, 5.74) is 12.2. The molecule has 17 heteroatoms. The molecule has 0 saturated heterocycles. The normalized spacial score (nSPS) is 14.8. The number of allylic oxidation sites excluding steroid dienone is 1. The van der Waals surface area contributed by atoms with E-state index >= 15 is 0 Å². The summed E-state index contributed by atoms with van der Waals surface area (Å²) in [6.07, 6.45) is 18.3. The van der Waals surface area contributed by atoms with Crippen molar-refractivity contribution in [2.75, 3.05) is 20.2 Å². The summed E-state index contributed by atoms with van der Waals surface area (Å²) in [6, 6.07) is 0.658. The van der Waals surface area contributed by atoms with E-state index < -0.39 is 73.9 Å². The van der Waals surface area contributed by atoms with E-state index in [4.69, 9.17) is 16.0 Å². The van der Waals surface area contributed by atoms with Gasteiger partial charge in [0.2, 0.25) is 17.7 Å². The van der Waals surface area contributed by atoms with Crippen LogP contribution in [0.5, 0.6) is 5.75 Å². The SMILES string of the molecule is CC.CCCCCCCCCCCCC/C=C/C[C@H](N)COP(=O)(O)OC(=O)CC(NC(=O)C(C)NC(=O)C(Cc1ccc(O)cc1)NC(=O)C(CN)NC)C(C)=O. The fraction of sp³-hybridized carbons (Fsp3) is 0.683. The summed E-state index contributed by atoms with van der Waals surface area (Å²) in [6.45, 7) is 8.23. The molecule has 58 heavy (non-hydrogen) atoms. The number of Topliss-reactive ketones (excluding diaryl/α,β-unsaturated/α-hetero) is 1.